The number of nitrogens with zero attached hydrogens (tertiary/aromatic N) is 1. The first-order chi connectivity index (χ1) is 7.27. The molecule has 15 heavy (non-hydrogen) atoms. The van der Waals surface area contributed by atoms with Crippen LogP contribution < -0.4 is 5.73 Å². The molecule has 0 aromatic carbocycles. The van der Waals surface area contributed by atoms with Gasteiger partial charge in [-0.2, -0.15) is 11.8 Å². The number of hydrogen-bond donors (Lipinski definition) is 1. The van der Waals surface area contributed by atoms with E-state index in [1.54, 1.807) is 0 Å². The molecule has 2 rings (SSSR count). The van der Waals surface area contributed by atoms with Gasteiger partial charge in [-0.15, -0.1) is 0 Å². The maximum absolute atomic E-state index is 6.06. The molecule has 88 valence electrons. The zero-order valence-corrected chi connectivity index (χ0v) is 10.7. The number of rotatable bonds is 2. The Hall–Kier alpha value is 0.270. The van der Waals surface area contributed by atoms with Gasteiger partial charge in [0.1, 0.15) is 0 Å². The first-order valence-electron chi connectivity index (χ1n) is 6.33. The normalized spacial score (nSPS) is 39.2. The number of hydrogen-bond acceptors (Lipinski definition) is 3. The molecule has 0 aliphatic carbocycles. The van der Waals surface area contributed by atoms with Crippen LogP contribution in [-0.4, -0.2) is 41.1 Å². The lowest BCUT2D eigenvalue weighted by molar-refractivity contribution is 0.117. The highest BCUT2D eigenvalue weighted by Gasteiger charge is 2.41. The molecule has 3 heteroatoms. The average molecular weight is 228 g/mol. The van der Waals surface area contributed by atoms with Crippen molar-refractivity contribution in [1.82, 2.24) is 4.90 Å². The van der Waals surface area contributed by atoms with Crippen LogP contribution in [0, 0.1) is 0 Å². The summed E-state index contributed by atoms with van der Waals surface area (Å²) in [7, 11) is 0. The van der Waals surface area contributed by atoms with Crippen molar-refractivity contribution < 1.29 is 0 Å². The van der Waals surface area contributed by atoms with E-state index >= 15 is 0 Å². The summed E-state index contributed by atoms with van der Waals surface area (Å²) in [6, 6.07) is 0. The minimum Gasteiger partial charge on any atom is -0.329 e. The third kappa shape index (κ3) is 2.51. The van der Waals surface area contributed by atoms with Crippen molar-refractivity contribution in [2.75, 3.05) is 25.4 Å². The molecule has 0 bridgehead atoms. The van der Waals surface area contributed by atoms with Crippen LogP contribution in [0.25, 0.3) is 0 Å². The van der Waals surface area contributed by atoms with Crippen LogP contribution in [0.3, 0.4) is 0 Å². The molecule has 0 amide bonds. The Bertz CT molecular complexity index is 202. The molecule has 2 N–H and O–H groups in total. The fourth-order valence-electron chi connectivity index (χ4n) is 2.99. The lowest BCUT2D eigenvalue weighted by Gasteiger charge is -2.39. The summed E-state index contributed by atoms with van der Waals surface area (Å²) in [6.07, 6.45) is 6.88. The maximum atomic E-state index is 6.06. The predicted molar refractivity (Wildman–Crippen MR) is 68.4 cm³/mol. The molecule has 2 unspecified atom stereocenters. The van der Waals surface area contributed by atoms with Crippen molar-refractivity contribution in [3.8, 4) is 0 Å². The molecule has 2 nitrogen and oxygen atoms in total. The molecule has 2 fully saturated rings. The Labute approximate surface area is 98.0 Å². The second-order valence-electron chi connectivity index (χ2n) is 5.16. The Morgan fingerprint density at radius 3 is 2.40 bits per heavy atom. The van der Waals surface area contributed by atoms with Gasteiger partial charge in [0.2, 0.25) is 0 Å². The second kappa shape index (κ2) is 5.07. The average Bonchev–Trinajstić information content (AvgIpc) is 2.49. The van der Waals surface area contributed by atoms with Gasteiger partial charge in [0, 0.05) is 23.1 Å². The van der Waals surface area contributed by atoms with Gasteiger partial charge in [0.15, 0.2) is 0 Å². The van der Waals surface area contributed by atoms with Crippen molar-refractivity contribution in [3.05, 3.63) is 0 Å². The van der Waals surface area contributed by atoms with E-state index in [0.717, 1.165) is 11.8 Å². The third-order valence-electron chi connectivity index (χ3n) is 3.96. The summed E-state index contributed by atoms with van der Waals surface area (Å²) in [5.74, 6) is 1.25. The quantitative estimate of drug-likeness (QED) is 0.785. The molecule has 2 aliphatic rings. The van der Waals surface area contributed by atoms with Crippen molar-refractivity contribution in [2.45, 2.75) is 49.8 Å². The largest absolute Gasteiger partial charge is 0.329 e. The predicted octanol–water partition coefficient (Wildman–Crippen LogP) is 2.09. The standard InChI is InChI=1S/C12H24N2S/c1-11-8-12(9-13,10-15-11)14-6-4-2-3-5-7-14/h11H,2-10,13H2,1H3. The van der Waals surface area contributed by atoms with Crippen LogP contribution in [-0.2, 0) is 0 Å². The van der Waals surface area contributed by atoms with E-state index < -0.39 is 0 Å². The van der Waals surface area contributed by atoms with Crippen molar-refractivity contribution in [1.29, 1.82) is 0 Å². The molecule has 0 aromatic rings. The molecule has 0 aromatic heterocycles. The van der Waals surface area contributed by atoms with Crippen LogP contribution in [0.1, 0.15) is 39.0 Å². The molecule has 2 saturated heterocycles. The van der Waals surface area contributed by atoms with Crippen LogP contribution in [0.4, 0.5) is 0 Å². The van der Waals surface area contributed by atoms with E-state index in [4.69, 9.17) is 5.73 Å². The molecule has 0 spiro atoms. The van der Waals surface area contributed by atoms with Gasteiger partial charge >= 0.3 is 0 Å². The van der Waals surface area contributed by atoms with Crippen LogP contribution in [0.2, 0.25) is 0 Å². The Morgan fingerprint density at radius 2 is 1.93 bits per heavy atom. The zero-order chi connectivity index (χ0) is 10.7. The smallest absolute Gasteiger partial charge is 0.0432 e. The van der Waals surface area contributed by atoms with E-state index in [2.05, 4.69) is 23.6 Å². The van der Waals surface area contributed by atoms with Gasteiger partial charge < -0.3 is 5.73 Å². The minimum atomic E-state index is 0.342. The fraction of sp³-hybridized carbons (Fsp3) is 1.00. The Morgan fingerprint density at radius 1 is 1.27 bits per heavy atom. The van der Waals surface area contributed by atoms with Gasteiger partial charge in [0.25, 0.3) is 0 Å². The summed E-state index contributed by atoms with van der Waals surface area (Å²) in [5.41, 5.74) is 6.40. The van der Waals surface area contributed by atoms with E-state index in [0.29, 0.717) is 5.54 Å². The summed E-state index contributed by atoms with van der Waals surface area (Å²) < 4.78 is 0. The van der Waals surface area contributed by atoms with Gasteiger partial charge in [-0.1, -0.05) is 19.8 Å². The molecular formula is C12H24N2S. The number of likely N-dealkylation sites (tertiary alicyclic amines) is 1. The summed E-state index contributed by atoms with van der Waals surface area (Å²) in [4.78, 5) is 2.70. The minimum absolute atomic E-state index is 0.342. The molecule has 2 heterocycles. The Kier molecular flexibility index (Phi) is 3.97. The fourth-order valence-corrected chi connectivity index (χ4v) is 4.43. The van der Waals surface area contributed by atoms with Crippen molar-refractivity contribution >= 4 is 11.8 Å². The molecular weight excluding hydrogens is 204 g/mol. The summed E-state index contributed by atoms with van der Waals surface area (Å²) in [6.45, 7) is 5.76. The van der Waals surface area contributed by atoms with E-state index in [1.165, 1.54) is 50.9 Å². The van der Waals surface area contributed by atoms with Gasteiger partial charge in [-0.3, -0.25) is 4.90 Å². The first-order valence-corrected chi connectivity index (χ1v) is 7.38. The number of thioether (sulfide) groups is 1. The lowest BCUT2D eigenvalue weighted by Crippen LogP contribution is -2.54. The van der Waals surface area contributed by atoms with Crippen LogP contribution in [0.5, 0.6) is 0 Å². The first kappa shape index (κ1) is 11.7. The SMILES string of the molecule is CC1CC(CN)(N2CCCCCC2)CS1. The van der Waals surface area contributed by atoms with Crippen LogP contribution in [0.15, 0.2) is 0 Å². The van der Waals surface area contributed by atoms with E-state index in [9.17, 15) is 0 Å². The molecule has 0 saturated carbocycles. The zero-order valence-electron chi connectivity index (χ0n) is 9.87. The number of nitrogens with two attached hydrogens (primary N) is 1. The van der Waals surface area contributed by atoms with Crippen LogP contribution >= 0.6 is 11.8 Å². The van der Waals surface area contributed by atoms with E-state index in [-0.39, 0.29) is 0 Å². The van der Waals surface area contributed by atoms with Crippen molar-refractivity contribution in [2.24, 2.45) is 5.73 Å². The lowest BCUT2D eigenvalue weighted by atomic mass is 9.93. The summed E-state index contributed by atoms with van der Waals surface area (Å²) >= 11 is 2.11. The Balaban J connectivity index is 2.03. The maximum Gasteiger partial charge on any atom is 0.0432 e. The molecule has 0 radical (unpaired) electrons. The summed E-state index contributed by atoms with van der Waals surface area (Å²) in [5, 5.41) is 0.803. The van der Waals surface area contributed by atoms with Crippen molar-refractivity contribution in [3.63, 3.8) is 0 Å². The third-order valence-corrected chi connectivity index (χ3v) is 5.40. The monoisotopic (exact) mass is 228 g/mol. The van der Waals surface area contributed by atoms with Gasteiger partial charge in [0.05, 0.1) is 0 Å². The molecule has 2 atom stereocenters. The van der Waals surface area contributed by atoms with E-state index in [1.807, 2.05) is 0 Å². The van der Waals surface area contributed by atoms with Gasteiger partial charge in [-0.05, 0) is 32.4 Å². The molecule has 2 aliphatic heterocycles. The van der Waals surface area contributed by atoms with Gasteiger partial charge in [-0.25, -0.2) is 0 Å². The topological polar surface area (TPSA) is 29.3 Å². The second-order valence-corrected chi connectivity index (χ2v) is 6.58. The highest BCUT2D eigenvalue weighted by atomic mass is 32.2. The highest BCUT2D eigenvalue weighted by molar-refractivity contribution is 8.00. The highest BCUT2D eigenvalue weighted by Crippen LogP contribution is 2.38.